The van der Waals surface area contributed by atoms with Gasteiger partial charge in [0.25, 0.3) is 0 Å². The highest BCUT2D eigenvalue weighted by molar-refractivity contribution is 5.93. The van der Waals surface area contributed by atoms with Crippen LogP contribution in [-0.2, 0) is 0 Å². The van der Waals surface area contributed by atoms with Gasteiger partial charge in [0, 0.05) is 6.92 Å². The molecule has 0 unspecified atom stereocenters. The Morgan fingerprint density at radius 1 is 1.35 bits per heavy atom. The number of oxazole rings is 1. The van der Waals surface area contributed by atoms with Crippen LogP contribution in [0.15, 0.2) is 28.7 Å². The third-order valence-corrected chi connectivity index (χ3v) is 2.47. The van der Waals surface area contributed by atoms with Gasteiger partial charge in [-0.25, -0.2) is 4.98 Å². The molecule has 0 spiro atoms. The van der Waals surface area contributed by atoms with E-state index in [0.717, 1.165) is 5.56 Å². The van der Waals surface area contributed by atoms with Crippen LogP contribution in [0, 0.1) is 6.92 Å². The van der Waals surface area contributed by atoms with Crippen molar-refractivity contribution in [1.82, 2.24) is 4.98 Å². The van der Waals surface area contributed by atoms with E-state index >= 15 is 0 Å². The molecule has 2 aromatic rings. The van der Waals surface area contributed by atoms with Crippen molar-refractivity contribution in [3.8, 4) is 17.2 Å². The van der Waals surface area contributed by atoms with Gasteiger partial charge in [-0.05, 0) is 19.1 Å². The number of carbonyl (C=O) groups is 1. The molecule has 0 bridgehead atoms. The molecule has 0 N–H and O–H groups in total. The molecule has 0 saturated heterocycles. The average molecular weight is 231 g/mol. The predicted octanol–water partition coefficient (Wildman–Crippen LogP) is 2.86. The first-order chi connectivity index (χ1) is 8.13. The Bertz CT molecular complexity index is 558. The number of Topliss-reactive ketones (excluding diaryl/α,β-unsaturated/α-hetero) is 1. The number of aromatic nitrogens is 1. The number of ketones is 1. The van der Waals surface area contributed by atoms with Gasteiger partial charge in [0.05, 0.1) is 12.7 Å². The van der Waals surface area contributed by atoms with Crippen LogP contribution in [0.1, 0.15) is 23.2 Å². The van der Waals surface area contributed by atoms with E-state index in [-0.39, 0.29) is 5.78 Å². The van der Waals surface area contributed by atoms with E-state index in [1.807, 2.05) is 24.3 Å². The standard InChI is InChI=1S/C13H13NO3/c1-8(15)12-9(2)17-13(14-12)10-6-4-5-7-11(10)16-3/h4-7H,1-3H3. The van der Waals surface area contributed by atoms with Crippen LogP contribution in [0.5, 0.6) is 5.75 Å². The molecule has 0 atom stereocenters. The van der Waals surface area contributed by atoms with Crippen molar-refractivity contribution in [3.05, 3.63) is 35.7 Å². The van der Waals surface area contributed by atoms with Gasteiger partial charge in [-0.1, -0.05) is 12.1 Å². The van der Waals surface area contributed by atoms with Crippen LogP contribution in [0.4, 0.5) is 0 Å². The Labute approximate surface area is 99.2 Å². The number of hydrogen-bond donors (Lipinski definition) is 0. The highest BCUT2D eigenvalue weighted by Gasteiger charge is 2.16. The molecule has 0 aliphatic rings. The third-order valence-electron chi connectivity index (χ3n) is 2.47. The average Bonchev–Trinajstić information content (AvgIpc) is 2.71. The zero-order valence-electron chi connectivity index (χ0n) is 9.98. The summed E-state index contributed by atoms with van der Waals surface area (Å²) in [7, 11) is 1.58. The first-order valence-electron chi connectivity index (χ1n) is 5.25. The summed E-state index contributed by atoms with van der Waals surface area (Å²) in [6.07, 6.45) is 0. The van der Waals surface area contributed by atoms with E-state index in [1.165, 1.54) is 6.92 Å². The summed E-state index contributed by atoms with van der Waals surface area (Å²) >= 11 is 0. The van der Waals surface area contributed by atoms with Crippen LogP contribution >= 0.6 is 0 Å². The minimum absolute atomic E-state index is 0.104. The maximum Gasteiger partial charge on any atom is 0.230 e. The molecular formula is C13H13NO3. The summed E-state index contributed by atoms with van der Waals surface area (Å²) in [5, 5.41) is 0. The maximum atomic E-state index is 11.3. The van der Waals surface area contributed by atoms with Gasteiger partial charge in [-0.3, -0.25) is 4.79 Å². The summed E-state index contributed by atoms with van der Waals surface area (Å²) in [6, 6.07) is 7.39. The van der Waals surface area contributed by atoms with E-state index in [2.05, 4.69) is 4.98 Å². The Kier molecular flexibility index (Phi) is 2.95. The first-order valence-corrected chi connectivity index (χ1v) is 5.25. The smallest absolute Gasteiger partial charge is 0.230 e. The topological polar surface area (TPSA) is 52.3 Å². The van der Waals surface area contributed by atoms with Crippen LogP contribution in [0.25, 0.3) is 11.5 Å². The lowest BCUT2D eigenvalue weighted by molar-refractivity contribution is 0.101. The minimum Gasteiger partial charge on any atom is -0.496 e. The zero-order chi connectivity index (χ0) is 12.4. The number of aryl methyl sites for hydroxylation is 1. The third kappa shape index (κ3) is 2.06. The Balaban J connectivity index is 2.53. The second kappa shape index (κ2) is 4.41. The highest BCUT2D eigenvalue weighted by Crippen LogP contribution is 2.30. The van der Waals surface area contributed by atoms with Crippen molar-refractivity contribution in [3.63, 3.8) is 0 Å². The fourth-order valence-electron chi connectivity index (χ4n) is 1.66. The zero-order valence-corrected chi connectivity index (χ0v) is 9.98. The van der Waals surface area contributed by atoms with E-state index in [4.69, 9.17) is 9.15 Å². The molecule has 0 aliphatic carbocycles. The molecule has 1 aromatic heterocycles. The van der Waals surface area contributed by atoms with Crippen LogP contribution in [-0.4, -0.2) is 17.9 Å². The Morgan fingerprint density at radius 2 is 2.06 bits per heavy atom. The molecule has 4 heteroatoms. The van der Waals surface area contributed by atoms with Gasteiger partial charge in [0.2, 0.25) is 5.89 Å². The molecule has 0 saturated carbocycles. The number of carbonyl (C=O) groups excluding carboxylic acids is 1. The molecule has 1 heterocycles. The Hall–Kier alpha value is -2.10. The highest BCUT2D eigenvalue weighted by atomic mass is 16.5. The van der Waals surface area contributed by atoms with Gasteiger partial charge in [-0.2, -0.15) is 0 Å². The predicted molar refractivity (Wildman–Crippen MR) is 63.2 cm³/mol. The van der Waals surface area contributed by atoms with Gasteiger partial charge in [0.15, 0.2) is 5.78 Å². The number of methoxy groups -OCH3 is 1. The van der Waals surface area contributed by atoms with E-state index in [9.17, 15) is 4.79 Å². The monoisotopic (exact) mass is 231 g/mol. The minimum atomic E-state index is -0.104. The second-order valence-corrected chi connectivity index (χ2v) is 3.68. The van der Waals surface area contributed by atoms with Gasteiger partial charge >= 0.3 is 0 Å². The molecule has 17 heavy (non-hydrogen) atoms. The van der Waals surface area contributed by atoms with Crippen LogP contribution in [0.3, 0.4) is 0 Å². The molecule has 0 radical (unpaired) electrons. The number of rotatable bonds is 3. The molecule has 0 fully saturated rings. The lowest BCUT2D eigenvalue weighted by atomic mass is 10.2. The van der Waals surface area contributed by atoms with Crippen molar-refractivity contribution < 1.29 is 13.9 Å². The number of nitrogens with zero attached hydrogens (tertiary/aromatic N) is 1. The molecule has 1 aromatic carbocycles. The van der Waals surface area contributed by atoms with Gasteiger partial charge in [0.1, 0.15) is 17.2 Å². The summed E-state index contributed by atoms with van der Waals surface area (Å²) in [6.45, 7) is 3.19. The molecule has 0 amide bonds. The Morgan fingerprint density at radius 3 is 2.65 bits per heavy atom. The molecule has 88 valence electrons. The summed E-state index contributed by atoms with van der Waals surface area (Å²) in [5.74, 6) is 1.50. The van der Waals surface area contributed by atoms with E-state index < -0.39 is 0 Å². The number of para-hydroxylation sites is 1. The summed E-state index contributed by atoms with van der Waals surface area (Å²) in [4.78, 5) is 15.5. The summed E-state index contributed by atoms with van der Waals surface area (Å²) < 4.78 is 10.7. The van der Waals surface area contributed by atoms with Crippen molar-refractivity contribution >= 4 is 5.78 Å². The van der Waals surface area contributed by atoms with Crippen LogP contribution in [0.2, 0.25) is 0 Å². The van der Waals surface area contributed by atoms with Crippen molar-refractivity contribution in [2.45, 2.75) is 13.8 Å². The first kappa shape index (κ1) is 11.4. The molecule has 0 aliphatic heterocycles. The van der Waals surface area contributed by atoms with Crippen LogP contribution < -0.4 is 4.74 Å². The van der Waals surface area contributed by atoms with Gasteiger partial charge < -0.3 is 9.15 Å². The van der Waals surface area contributed by atoms with E-state index in [1.54, 1.807) is 14.0 Å². The molecular weight excluding hydrogens is 218 g/mol. The molecule has 4 nitrogen and oxygen atoms in total. The summed E-state index contributed by atoms with van der Waals surface area (Å²) in [5.41, 5.74) is 1.11. The lowest BCUT2D eigenvalue weighted by Gasteiger charge is -2.03. The maximum absolute atomic E-state index is 11.3. The van der Waals surface area contributed by atoms with Gasteiger partial charge in [-0.15, -0.1) is 0 Å². The second-order valence-electron chi connectivity index (χ2n) is 3.68. The largest absolute Gasteiger partial charge is 0.496 e. The van der Waals surface area contributed by atoms with Crippen molar-refractivity contribution in [2.75, 3.05) is 7.11 Å². The fraction of sp³-hybridized carbons (Fsp3) is 0.231. The molecule has 2 rings (SSSR count). The quantitative estimate of drug-likeness (QED) is 0.762. The number of hydrogen-bond acceptors (Lipinski definition) is 4. The van der Waals surface area contributed by atoms with Crippen molar-refractivity contribution in [1.29, 1.82) is 0 Å². The number of benzene rings is 1. The lowest BCUT2D eigenvalue weighted by Crippen LogP contribution is -1.94. The normalized spacial score (nSPS) is 10.3. The van der Waals surface area contributed by atoms with Crippen molar-refractivity contribution in [2.24, 2.45) is 0 Å². The number of ether oxygens (including phenoxy) is 1. The fourth-order valence-corrected chi connectivity index (χ4v) is 1.66. The van der Waals surface area contributed by atoms with E-state index in [0.29, 0.717) is 23.1 Å². The SMILES string of the molecule is COc1ccccc1-c1nc(C(C)=O)c(C)o1.